The quantitative estimate of drug-likeness (QED) is 0.772. The molecule has 2 aromatic rings. The van der Waals surface area contributed by atoms with Crippen molar-refractivity contribution in [2.45, 2.75) is 51.3 Å². The predicted octanol–water partition coefficient (Wildman–Crippen LogP) is 4.16. The molecule has 6 heteroatoms. The maximum absolute atomic E-state index is 13.0. The number of para-hydroxylation sites is 1. The van der Waals surface area contributed by atoms with Gasteiger partial charge in [0.2, 0.25) is 15.9 Å². The van der Waals surface area contributed by atoms with E-state index in [0.29, 0.717) is 19.4 Å². The lowest BCUT2D eigenvalue weighted by atomic mass is 9.97. The lowest BCUT2D eigenvalue weighted by molar-refractivity contribution is -0.120. The van der Waals surface area contributed by atoms with Gasteiger partial charge in [0.25, 0.3) is 0 Å². The summed E-state index contributed by atoms with van der Waals surface area (Å²) in [6.07, 6.45) is 3.05. The number of hydrogen-bond acceptors (Lipinski definition) is 3. The number of amides is 1. The molecule has 2 aromatic carbocycles. The van der Waals surface area contributed by atoms with Crippen LogP contribution in [0.5, 0.6) is 0 Å². The summed E-state index contributed by atoms with van der Waals surface area (Å²) in [7, 11) is -3.59. The van der Waals surface area contributed by atoms with E-state index >= 15 is 0 Å². The molecule has 5 nitrogen and oxygen atoms in total. The molecular weight excluding hydrogens is 384 g/mol. The molecule has 0 aliphatic carbocycles. The average Bonchev–Trinajstić information content (AvgIpc) is 2.74. The van der Waals surface area contributed by atoms with Gasteiger partial charge in [0.1, 0.15) is 0 Å². The predicted molar refractivity (Wildman–Crippen MR) is 116 cm³/mol. The van der Waals surface area contributed by atoms with E-state index in [2.05, 4.69) is 19.2 Å². The van der Waals surface area contributed by atoms with Gasteiger partial charge in [0.15, 0.2) is 0 Å². The molecule has 0 aromatic heterocycles. The number of rotatable bonds is 6. The highest BCUT2D eigenvalue weighted by Crippen LogP contribution is 2.27. The molecule has 0 unspecified atom stereocenters. The van der Waals surface area contributed by atoms with Gasteiger partial charge in [-0.3, -0.25) is 4.79 Å². The Bertz CT molecular complexity index is 946. The largest absolute Gasteiger partial charge is 0.325 e. The Labute approximate surface area is 174 Å². The second-order valence-electron chi connectivity index (χ2n) is 7.66. The number of piperidine rings is 1. The zero-order valence-electron chi connectivity index (χ0n) is 17.4. The van der Waals surface area contributed by atoms with Crippen molar-refractivity contribution >= 4 is 21.6 Å². The third kappa shape index (κ3) is 4.70. The van der Waals surface area contributed by atoms with Crippen LogP contribution in [0.3, 0.4) is 0 Å². The summed E-state index contributed by atoms with van der Waals surface area (Å²) in [5, 5.41) is 3.11. The number of hydrogen-bond donors (Lipinski definition) is 1. The van der Waals surface area contributed by atoms with E-state index in [0.717, 1.165) is 35.2 Å². The van der Waals surface area contributed by atoms with E-state index < -0.39 is 10.0 Å². The summed E-state index contributed by atoms with van der Waals surface area (Å²) in [5.41, 5.74) is 4.12. The molecule has 1 saturated heterocycles. The third-order valence-electron chi connectivity index (χ3n) is 5.66. The molecule has 0 saturated carbocycles. The minimum atomic E-state index is -3.59. The first-order valence-electron chi connectivity index (χ1n) is 10.3. The van der Waals surface area contributed by atoms with Crippen molar-refractivity contribution in [3.8, 4) is 0 Å². The SMILES string of the molecule is CCc1cccc(CC)c1NC(=O)[C@H]1CCCN(S(=O)(=O)c2ccc(C)cc2)C1. The van der Waals surface area contributed by atoms with E-state index in [1.165, 1.54) is 4.31 Å². The Hall–Kier alpha value is -2.18. The summed E-state index contributed by atoms with van der Waals surface area (Å²) in [6.45, 7) is 6.74. The first kappa shape index (κ1) is 21.5. The fraction of sp³-hybridized carbons (Fsp3) is 0.435. The topological polar surface area (TPSA) is 66.5 Å². The average molecular weight is 415 g/mol. The molecule has 156 valence electrons. The van der Waals surface area contributed by atoms with Crippen molar-refractivity contribution in [2.24, 2.45) is 5.92 Å². The van der Waals surface area contributed by atoms with Crippen molar-refractivity contribution in [3.05, 3.63) is 59.2 Å². The highest BCUT2D eigenvalue weighted by atomic mass is 32.2. The molecule has 1 N–H and O–H groups in total. The molecular formula is C23H30N2O3S. The Morgan fingerprint density at radius 2 is 1.69 bits per heavy atom. The van der Waals surface area contributed by atoms with Crippen molar-refractivity contribution in [3.63, 3.8) is 0 Å². The van der Waals surface area contributed by atoms with Crippen LogP contribution in [0.4, 0.5) is 5.69 Å². The molecule has 0 bridgehead atoms. The number of sulfonamides is 1. The molecule has 1 fully saturated rings. The van der Waals surface area contributed by atoms with Gasteiger partial charge in [-0.15, -0.1) is 0 Å². The van der Waals surface area contributed by atoms with Crippen LogP contribution in [-0.4, -0.2) is 31.7 Å². The Kier molecular flexibility index (Phi) is 6.75. The summed E-state index contributed by atoms with van der Waals surface area (Å²) < 4.78 is 27.5. The summed E-state index contributed by atoms with van der Waals surface area (Å²) in [6, 6.07) is 13.0. The first-order chi connectivity index (χ1) is 13.9. The van der Waals surface area contributed by atoms with E-state index in [1.54, 1.807) is 24.3 Å². The zero-order chi connectivity index (χ0) is 21.0. The number of anilines is 1. The van der Waals surface area contributed by atoms with Gasteiger partial charge in [-0.25, -0.2) is 8.42 Å². The highest BCUT2D eigenvalue weighted by molar-refractivity contribution is 7.89. The fourth-order valence-corrected chi connectivity index (χ4v) is 5.39. The summed E-state index contributed by atoms with van der Waals surface area (Å²) >= 11 is 0. The van der Waals surface area contributed by atoms with Crippen LogP contribution in [0.15, 0.2) is 47.4 Å². The standard InChI is InChI=1S/C23H30N2O3S/c1-4-18-8-6-9-19(5-2)22(18)24-23(26)20-10-7-15-25(16-20)29(27,28)21-13-11-17(3)12-14-21/h6,8-9,11-14,20H,4-5,7,10,15-16H2,1-3H3,(H,24,26)/t20-/m0/s1. The molecule has 0 spiro atoms. The maximum Gasteiger partial charge on any atom is 0.243 e. The lowest BCUT2D eigenvalue weighted by Gasteiger charge is -2.31. The smallest absolute Gasteiger partial charge is 0.243 e. The van der Waals surface area contributed by atoms with Crippen molar-refractivity contribution in [1.29, 1.82) is 0 Å². The van der Waals surface area contributed by atoms with Gasteiger partial charge < -0.3 is 5.32 Å². The molecule has 29 heavy (non-hydrogen) atoms. The maximum atomic E-state index is 13.0. The van der Waals surface area contributed by atoms with Gasteiger partial charge in [-0.1, -0.05) is 49.7 Å². The van der Waals surface area contributed by atoms with Gasteiger partial charge in [-0.2, -0.15) is 4.31 Å². The second-order valence-corrected chi connectivity index (χ2v) is 9.60. The first-order valence-corrected chi connectivity index (χ1v) is 11.8. The van der Waals surface area contributed by atoms with E-state index in [-0.39, 0.29) is 23.3 Å². The Morgan fingerprint density at radius 3 is 2.28 bits per heavy atom. The number of nitrogens with zero attached hydrogens (tertiary/aromatic N) is 1. The van der Waals surface area contributed by atoms with Gasteiger partial charge >= 0.3 is 0 Å². The second kappa shape index (κ2) is 9.09. The van der Waals surface area contributed by atoms with Crippen LogP contribution in [-0.2, 0) is 27.7 Å². The molecule has 1 aliphatic heterocycles. The van der Waals surface area contributed by atoms with Crippen LogP contribution in [0, 0.1) is 12.8 Å². The molecule has 0 radical (unpaired) electrons. The van der Waals surface area contributed by atoms with E-state index in [4.69, 9.17) is 0 Å². The Morgan fingerprint density at radius 1 is 1.07 bits per heavy atom. The van der Waals surface area contributed by atoms with Gasteiger partial charge in [0.05, 0.1) is 10.8 Å². The van der Waals surface area contributed by atoms with Crippen LogP contribution < -0.4 is 5.32 Å². The molecule has 1 heterocycles. The number of benzene rings is 2. The molecule has 3 rings (SSSR count). The van der Waals surface area contributed by atoms with Crippen LogP contribution in [0.1, 0.15) is 43.4 Å². The van der Waals surface area contributed by atoms with Crippen LogP contribution in [0.2, 0.25) is 0 Å². The zero-order valence-corrected chi connectivity index (χ0v) is 18.3. The fourth-order valence-electron chi connectivity index (χ4n) is 3.86. The van der Waals surface area contributed by atoms with Crippen molar-refractivity contribution in [1.82, 2.24) is 4.31 Å². The molecule has 1 amide bonds. The summed E-state index contributed by atoms with van der Waals surface area (Å²) in [5.74, 6) is -0.442. The monoisotopic (exact) mass is 414 g/mol. The van der Waals surface area contributed by atoms with E-state index in [9.17, 15) is 13.2 Å². The Balaban J connectivity index is 1.77. The van der Waals surface area contributed by atoms with Crippen molar-refractivity contribution < 1.29 is 13.2 Å². The van der Waals surface area contributed by atoms with Gasteiger partial charge in [-0.05, 0) is 55.9 Å². The minimum absolute atomic E-state index is 0.0931. The van der Waals surface area contributed by atoms with Crippen LogP contribution >= 0.6 is 0 Å². The highest BCUT2D eigenvalue weighted by Gasteiger charge is 2.33. The number of nitrogens with one attached hydrogen (secondary N) is 1. The van der Waals surface area contributed by atoms with Crippen molar-refractivity contribution in [2.75, 3.05) is 18.4 Å². The number of carbonyl (C=O) groups excluding carboxylic acids is 1. The van der Waals surface area contributed by atoms with Crippen LogP contribution in [0.25, 0.3) is 0 Å². The molecule has 1 atom stereocenters. The van der Waals surface area contributed by atoms with Gasteiger partial charge in [0, 0.05) is 18.8 Å². The summed E-state index contributed by atoms with van der Waals surface area (Å²) in [4.78, 5) is 13.3. The minimum Gasteiger partial charge on any atom is -0.325 e. The normalized spacial score (nSPS) is 17.8. The van der Waals surface area contributed by atoms with E-state index in [1.807, 2.05) is 25.1 Å². The molecule has 1 aliphatic rings. The number of aryl methyl sites for hydroxylation is 3. The lowest BCUT2D eigenvalue weighted by Crippen LogP contribution is -2.43. The third-order valence-corrected chi connectivity index (χ3v) is 7.54. The number of carbonyl (C=O) groups is 1.